The first-order valence-electron chi connectivity index (χ1n) is 6.39. The average molecular weight is 292 g/mol. The molecule has 0 unspecified atom stereocenters. The van der Waals surface area contributed by atoms with Crippen LogP contribution in [0.15, 0.2) is 29.8 Å². The van der Waals surface area contributed by atoms with E-state index >= 15 is 0 Å². The van der Waals surface area contributed by atoms with Gasteiger partial charge in [-0.3, -0.25) is 0 Å². The van der Waals surface area contributed by atoms with E-state index in [1.807, 2.05) is 13.0 Å². The number of nitrogens with zero attached hydrogens (tertiary/aromatic N) is 2. The third-order valence-electron chi connectivity index (χ3n) is 3.12. The maximum Gasteiger partial charge on any atom is 0.407 e. The van der Waals surface area contributed by atoms with E-state index in [4.69, 9.17) is 5.11 Å². The van der Waals surface area contributed by atoms with Gasteiger partial charge in [-0.15, -0.1) is 0 Å². The standard InChI is InChI=1S/C15H14F2N2O2/c1-11-4-2-6-13(18-11)7-3-5-12-8-9-19(14(20)21)10-15(12,16)17/h2,4-6H,8-10H2,1H3,(H,20,21)/b12-5+. The fourth-order valence-corrected chi connectivity index (χ4v) is 2.01. The number of aromatic nitrogens is 1. The van der Waals surface area contributed by atoms with Gasteiger partial charge in [0.25, 0.3) is 5.92 Å². The van der Waals surface area contributed by atoms with E-state index in [-0.39, 0.29) is 18.5 Å². The van der Waals surface area contributed by atoms with Gasteiger partial charge in [0.05, 0.1) is 6.54 Å². The smallest absolute Gasteiger partial charge is 0.407 e. The summed E-state index contributed by atoms with van der Waals surface area (Å²) in [5.74, 6) is 2.11. The SMILES string of the molecule is Cc1cccc(C#C/C=C2\CCN(C(=O)O)CC2(F)F)n1. The number of allylic oxidation sites excluding steroid dienone is 1. The summed E-state index contributed by atoms with van der Waals surface area (Å²) in [7, 11) is 0. The van der Waals surface area contributed by atoms with Crippen LogP contribution in [0.3, 0.4) is 0 Å². The van der Waals surface area contributed by atoms with Crippen molar-refractivity contribution in [1.29, 1.82) is 0 Å². The summed E-state index contributed by atoms with van der Waals surface area (Å²) < 4.78 is 27.6. The molecule has 1 aromatic rings. The van der Waals surface area contributed by atoms with Crippen molar-refractivity contribution in [2.24, 2.45) is 0 Å². The molecule has 2 heterocycles. The van der Waals surface area contributed by atoms with E-state index in [0.29, 0.717) is 10.6 Å². The van der Waals surface area contributed by atoms with E-state index in [2.05, 4.69) is 16.8 Å². The van der Waals surface area contributed by atoms with Crippen molar-refractivity contribution in [3.8, 4) is 11.8 Å². The lowest BCUT2D eigenvalue weighted by atomic mass is 10.00. The van der Waals surface area contributed by atoms with Crippen LogP contribution in [-0.4, -0.2) is 40.1 Å². The Morgan fingerprint density at radius 2 is 2.29 bits per heavy atom. The van der Waals surface area contributed by atoms with Crippen molar-refractivity contribution < 1.29 is 18.7 Å². The monoisotopic (exact) mass is 292 g/mol. The van der Waals surface area contributed by atoms with Crippen LogP contribution in [0.2, 0.25) is 0 Å². The zero-order valence-corrected chi connectivity index (χ0v) is 11.4. The molecule has 4 nitrogen and oxygen atoms in total. The van der Waals surface area contributed by atoms with Gasteiger partial charge < -0.3 is 10.0 Å². The molecule has 110 valence electrons. The van der Waals surface area contributed by atoms with Crippen LogP contribution in [0.25, 0.3) is 0 Å². The summed E-state index contributed by atoms with van der Waals surface area (Å²) in [6.07, 6.45) is -0.179. The van der Waals surface area contributed by atoms with E-state index < -0.39 is 18.6 Å². The summed E-state index contributed by atoms with van der Waals surface area (Å²) >= 11 is 0. The number of pyridine rings is 1. The molecule has 21 heavy (non-hydrogen) atoms. The molecule has 0 saturated carbocycles. The van der Waals surface area contributed by atoms with Crippen LogP contribution in [-0.2, 0) is 0 Å². The minimum Gasteiger partial charge on any atom is -0.465 e. The zero-order valence-electron chi connectivity index (χ0n) is 11.4. The first kappa shape index (κ1) is 15.0. The zero-order chi connectivity index (χ0) is 15.5. The van der Waals surface area contributed by atoms with Crippen LogP contribution in [0, 0.1) is 18.8 Å². The highest BCUT2D eigenvalue weighted by Gasteiger charge is 2.41. The maximum atomic E-state index is 13.8. The second-order valence-electron chi connectivity index (χ2n) is 4.76. The number of likely N-dealkylation sites (tertiary alicyclic amines) is 1. The Balaban J connectivity index is 2.14. The number of hydrogen-bond acceptors (Lipinski definition) is 2. The first-order chi connectivity index (χ1) is 9.88. The maximum absolute atomic E-state index is 13.8. The molecule has 0 radical (unpaired) electrons. The molecule has 0 aromatic carbocycles. The molecule has 1 fully saturated rings. The Labute approximate surface area is 121 Å². The van der Waals surface area contributed by atoms with Crippen LogP contribution < -0.4 is 0 Å². The van der Waals surface area contributed by atoms with E-state index in [0.717, 1.165) is 5.69 Å². The quantitative estimate of drug-likeness (QED) is 0.748. The minimum atomic E-state index is -3.18. The lowest BCUT2D eigenvalue weighted by molar-refractivity contribution is -0.0138. The van der Waals surface area contributed by atoms with E-state index in [1.54, 1.807) is 12.1 Å². The molecule has 2 rings (SSSR count). The molecule has 1 aromatic heterocycles. The Hall–Kier alpha value is -2.42. The van der Waals surface area contributed by atoms with Gasteiger partial charge in [-0.05, 0) is 37.5 Å². The largest absolute Gasteiger partial charge is 0.465 e. The van der Waals surface area contributed by atoms with Crippen LogP contribution in [0.5, 0.6) is 0 Å². The predicted molar refractivity (Wildman–Crippen MR) is 73.1 cm³/mol. The minimum absolute atomic E-state index is 0.0186. The number of carbonyl (C=O) groups is 1. The second-order valence-corrected chi connectivity index (χ2v) is 4.76. The molecular formula is C15H14F2N2O2. The number of amides is 1. The summed E-state index contributed by atoms with van der Waals surface area (Å²) in [6, 6.07) is 5.31. The number of hydrogen-bond donors (Lipinski definition) is 1. The number of piperidine rings is 1. The molecule has 1 aliphatic heterocycles. The highest BCUT2D eigenvalue weighted by molar-refractivity contribution is 5.65. The van der Waals surface area contributed by atoms with Crippen LogP contribution in [0.1, 0.15) is 17.8 Å². The number of rotatable bonds is 0. The van der Waals surface area contributed by atoms with Crippen molar-refractivity contribution in [2.75, 3.05) is 13.1 Å². The molecule has 6 heteroatoms. The Kier molecular flexibility index (Phi) is 4.22. The number of aryl methyl sites for hydroxylation is 1. The molecule has 0 aliphatic carbocycles. The van der Waals surface area contributed by atoms with Gasteiger partial charge in [0.15, 0.2) is 0 Å². The van der Waals surface area contributed by atoms with E-state index in [9.17, 15) is 13.6 Å². The summed E-state index contributed by atoms with van der Waals surface area (Å²) in [6.45, 7) is 1.05. The highest BCUT2D eigenvalue weighted by Crippen LogP contribution is 2.31. The number of carboxylic acid groups (broad SMARTS) is 1. The van der Waals surface area contributed by atoms with Gasteiger partial charge in [0, 0.05) is 17.8 Å². The Morgan fingerprint density at radius 1 is 1.52 bits per heavy atom. The summed E-state index contributed by atoms with van der Waals surface area (Å²) in [4.78, 5) is 15.6. The van der Waals surface area contributed by atoms with E-state index in [1.165, 1.54) is 6.08 Å². The first-order valence-corrected chi connectivity index (χ1v) is 6.39. The topological polar surface area (TPSA) is 53.4 Å². The van der Waals surface area contributed by atoms with Crippen molar-refractivity contribution in [1.82, 2.24) is 9.88 Å². The van der Waals surface area contributed by atoms with Crippen molar-refractivity contribution in [2.45, 2.75) is 19.3 Å². The molecule has 0 spiro atoms. The number of alkyl halides is 2. The van der Waals surface area contributed by atoms with Crippen molar-refractivity contribution >= 4 is 6.09 Å². The van der Waals surface area contributed by atoms with Gasteiger partial charge in [-0.25, -0.2) is 9.78 Å². The molecule has 1 saturated heterocycles. The van der Waals surface area contributed by atoms with Gasteiger partial charge in [-0.2, -0.15) is 8.78 Å². The fraction of sp³-hybridized carbons (Fsp3) is 0.333. The summed E-state index contributed by atoms with van der Waals surface area (Å²) in [5.41, 5.74) is 1.17. The summed E-state index contributed by atoms with van der Waals surface area (Å²) in [5, 5.41) is 8.74. The second kappa shape index (κ2) is 5.92. The number of halogens is 2. The average Bonchev–Trinajstić information content (AvgIpc) is 2.40. The molecule has 1 amide bonds. The van der Waals surface area contributed by atoms with Crippen LogP contribution >= 0.6 is 0 Å². The fourth-order valence-electron chi connectivity index (χ4n) is 2.01. The van der Waals surface area contributed by atoms with Crippen molar-refractivity contribution in [3.05, 3.63) is 41.2 Å². The van der Waals surface area contributed by atoms with Gasteiger partial charge in [0.1, 0.15) is 5.69 Å². The molecule has 0 bridgehead atoms. The normalized spacial score (nSPS) is 19.0. The van der Waals surface area contributed by atoms with Gasteiger partial charge in [-0.1, -0.05) is 12.0 Å². The lowest BCUT2D eigenvalue weighted by Gasteiger charge is -2.32. The molecule has 0 atom stereocenters. The predicted octanol–water partition coefficient (Wildman–Crippen LogP) is 2.69. The van der Waals surface area contributed by atoms with Gasteiger partial charge in [0.2, 0.25) is 0 Å². The third-order valence-corrected chi connectivity index (χ3v) is 3.12. The third kappa shape index (κ3) is 3.78. The molecular weight excluding hydrogens is 278 g/mol. The molecule has 1 aliphatic rings. The molecule has 1 N–H and O–H groups in total. The Morgan fingerprint density at radius 3 is 2.90 bits per heavy atom. The Bertz CT molecular complexity index is 645. The van der Waals surface area contributed by atoms with Crippen molar-refractivity contribution in [3.63, 3.8) is 0 Å². The highest BCUT2D eigenvalue weighted by atomic mass is 19.3. The van der Waals surface area contributed by atoms with Gasteiger partial charge >= 0.3 is 6.09 Å². The van der Waals surface area contributed by atoms with Crippen LogP contribution in [0.4, 0.5) is 13.6 Å². The lowest BCUT2D eigenvalue weighted by Crippen LogP contribution is -2.46.